The number of hydrogen-bond donors (Lipinski definition) is 1. The van der Waals surface area contributed by atoms with Gasteiger partial charge in [0.25, 0.3) is 0 Å². The van der Waals surface area contributed by atoms with E-state index in [1.54, 1.807) is 0 Å². The van der Waals surface area contributed by atoms with E-state index in [0.717, 1.165) is 4.48 Å². The van der Waals surface area contributed by atoms with Crippen LogP contribution in [0, 0.1) is 0 Å². The van der Waals surface area contributed by atoms with Gasteiger partial charge in [0, 0.05) is 0 Å². The smallest absolute Gasteiger partial charge is 0.204 e. The van der Waals surface area contributed by atoms with E-state index in [0.29, 0.717) is 0 Å². The minimum absolute atomic E-state index is 1.04. The van der Waals surface area contributed by atoms with E-state index in [4.69, 9.17) is 0 Å². The molecule has 0 aliphatic heterocycles. The topological polar surface area (TPSA) is 4.44 Å². The van der Waals surface area contributed by atoms with Crippen LogP contribution in [0.25, 0.3) is 0 Å². The second-order valence-corrected chi connectivity index (χ2v) is 3.66. The van der Waals surface area contributed by atoms with Gasteiger partial charge in [0.15, 0.2) is 0 Å². The highest BCUT2D eigenvalue weighted by Crippen LogP contribution is 1.79. The molecule has 0 aromatic carbocycles. The molecule has 0 aromatic heterocycles. The zero-order valence-corrected chi connectivity index (χ0v) is 6.65. The van der Waals surface area contributed by atoms with Gasteiger partial charge in [-0.3, -0.25) is 9.38 Å². The predicted octanol–water partition coefficient (Wildman–Crippen LogP) is -1.21. The number of hydrogen-bond acceptors (Lipinski definition) is 0. The average molecular weight is 118 g/mol. The van der Waals surface area contributed by atoms with Crippen molar-refractivity contribution in [1.29, 1.82) is 0 Å². The third-order valence-electron chi connectivity index (χ3n) is 0.791. The lowest BCUT2D eigenvalue weighted by atomic mass is 10.6. The lowest BCUT2D eigenvalue weighted by Gasteiger charge is -2.24. The van der Waals surface area contributed by atoms with Crippen LogP contribution in [0.15, 0.2) is 0 Å². The fraction of sp³-hybridized carbons (Fsp3) is 1.00. The Morgan fingerprint density at radius 3 is 1.50 bits per heavy atom. The van der Waals surface area contributed by atoms with Crippen LogP contribution >= 0.6 is 0 Å². The summed E-state index contributed by atoms with van der Waals surface area (Å²) >= 11 is 0. The van der Waals surface area contributed by atoms with Gasteiger partial charge in [0.1, 0.15) is 0 Å². The Morgan fingerprint density at radius 2 is 1.50 bits per heavy atom. The molecule has 0 aliphatic carbocycles. The highest BCUT2D eigenvalue weighted by Gasteiger charge is 2.08. The van der Waals surface area contributed by atoms with Gasteiger partial charge in [0.05, 0.1) is 35.2 Å². The van der Waals surface area contributed by atoms with Gasteiger partial charge in [-0.05, 0) is 0 Å². The Balaban J connectivity index is 3.39. The fourth-order valence-electron chi connectivity index (χ4n) is 0.949. The van der Waals surface area contributed by atoms with Crippen molar-refractivity contribution < 1.29 is 9.38 Å². The van der Waals surface area contributed by atoms with Crippen molar-refractivity contribution >= 4 is 0 Å². The zero-order valence-electron chi connectivity index (χ0n) is 6.65. The van der Waals surface area contributed by atoms with Crippen molar-refractivity contribution in [2.75, 3.05) is 41.9 Å². The predicted molar refractivity (Wildman–Crippen MR) is 35.7 cm³/mol. The monoisotopic (exact) mass is 118 g/mol. The Kier molecular flexibility index (Phi) is 2.44. The summed E-state index contributed by atoms with van der Waals surface area (Å²) in [6.07, 6.45) is 0. The molecule has 0 radical (unpaired) electrons. The molecule has 0 aliphatic rings. The van der Waals surface area contributed by atoms with Gasteiger partial charge in [0.2, 0.25) is 6.67 Å². The second kappa shape index (κ2) is 2.46. The lowest BCUT2D eigenvalue weighted by molar-refractivity contribution is -1.05. The van der Waals surface area contributed by atoms with Crippen LogP contribution in [-0.4, -0.2) is 46.4 Å². The van der Waals surface area contributed by atoms with Crippen LogP contribution in [0.4, 0.5) is 0 Å². The summed E-state index contributed by atoms with van der Waals surface area (Å²) in [7, 11) is 10.9. The molecule has 0 fully saturated rings. The third-order valence-corrected chi connectivity index (χ3v) is 0.791. The minimum Gasteiger partial charge on any atom is -0.293 e. The Morgan fingerprint density at radius 1 is 1.12 bits per heavy atom. The molecule has 2 heteroatoms. The van der Waals surface area contributed by atoms with Crippen LogP contribution in [0.5, 0.6) is 0 Å². The van der Waals surface area contributed by atoms with E-state index in [2.05, 4.69) is 35.2 Å². The number of nitrogens with one attached hydrogen (secondary N) is 1. The van der Waals surface area contributed by atoms with Crippen LogP contribution < -0.4 is 4.90 Å². The molecule has 0 saturated carbocycles. The maximum absolute atomic E-state index is 2.20. The minimum atomic E-state index is 1.04. The zero-order chi connectivity index (χ0) is 6.78. The summed E-state index contributed by atoms with van der Waals surface area (Å²) in [5.74, 6) is 0. The van der Waals surface area contributed by atoms with E-state index in [9.17, 15) is 0 Å². The van der Waals surface area contributed by atoms with E-state index < -0.39 is 0 Å². The molecule has 2 nitrogen and oxygen atoms in total. The quantitative estimate of drug-likeness (QED) is 0.343. The largest absolute Gasteiger partial charge is 0.293 e. The summed E-state index contributed by atoms with van der Waals surface area (Å²) in [5.41, 5.74) is 0. The SMILES string of the molecule is C[NH+](C)C[N+](C)(C)C. The summed E-state index contributed by atoms with van der Waals surface area (Å²) < 4.78 is 1.04. The van der Waals surface area contributed by atoms with E-state index in [-0.39, 0.29) is 0 Å². The summed E-state index contributed by atoms with van der Waals surface area (Å²) in [6, 6.07) is 0. The summed E-state index contributed by atoms with van der Waals surface area (Å²) in [5, 5.41) is 0. The first kappa shape index (κ1) is 7.92. The van der Waals surface area contributed by atoms with Crippen molar-refractivity contribution in [3.05, 3.63) is 0 Å². The first-order valence-corrected chi connectivity index (χ1v) is 3.01. The molecule has 0 saturated heterocycles. The van der Waals surface area contributed by atoms with Gasteiger partial charge in [-0.15, -0.1) is 0 Å². The van der Waals surface area contributed by atoms with Crippen molar-refractivity contribution in [2.24, 2.45) is 0 Å². The highest BCUT2D eigenvalue weighted by atomic mass is 15.4. The maximum Gasteiger partial charge on any atom is 0.204 e. The standard InChI is InChI=1S/C6H17N2/c1-7(2)6-8(3,4)5/h6H2,1-5H3/q+1/p+1. The Bertz CT molecular complexity index is 61.4. The molecule has 1 N–H and O–H groups in total. The van der Waals surface area contributed by atoms with Gasteiger partial charge < -0.3 is 0 Å². The first-order chi connectivity index (χ1) is 3.42. The van der Waals surface area contributed by atoms with E-state index >= 15 is 0 Å². The van der Waals surface area contributed by atoms with Gasteiger partial charge >= 0.3 is 0 Å². The molecule has 0 unspecified atom stereocenters. The van der Waals surface area contributed by atoms with Gasteiger partial charge in [-0.25, -0.2) is 0 Å². The van der Waals surface area contributed by atoms with Crippen LogP contribution in [-0.2, 0) is 0 Å². The fourth-order valence-corrected chi connectivity index (χ4v) is 0.949. The molecule has 50 valence electrons. The Hall–Kier alpha value is -0.0800. The maximum atomic E-state index is 2.20. The molecule has 0 rings (SSSR count). The number of quaternary nitrogens is 2. The van der Waals surface area contributed by atoms with E-state index in [1.165, 1.54) is 11.6 Å². The molecule has 0 atom stereocenters. The second-order valence-electron chi connectivity index (χ2n) is 3.66. The molecular weight excluding hydrogens is 100 g/mol. The van der Waals surface area contributed by atoms with Crippen molar-refractivity contribution in [1.82, 2.24) is 0 Å². The van der Waals surface area contributed by atoms with Crippen molar-refractivity contribution in [3.63, 3.8) is 0 Å². The van der Waals surface area contributed by atoms with Gasteiger partial charge in [-0.2, -0.15) is 0 Å². The lowest BCUT2D eigenvalue weighted by Crippen LogP contribution is -3.08. The first-order valence-electron chi connectivity index (χ1n) is 3.01. The molecule has 0 bridgehead atoms. The normalized spacial score (nSPS) is 12.8. The van der Waals surface area contributed by atoms with Crippen LogP contribution in [0.2, 0.25) is 0 Å². The van der Waals surface area contributed by atoms with E-state index in [1.807, 2.05) is 0 Å². The van der Waals surface area contributed by atoms with Crippen LogP contribution in [0.1, 0.15) is 0 Å². The average Bonchev–Trinajstić information content (AvgIpc) is 1.21. The van der Waals surface area contributed by atoms with Crippen molar-refractivity contribution in [2.45, 2.75) is 0 Å². The molecule has 0 spiro atoms. The van der Waals surface area contributed by atoms with Crippen LogP contribution in [0.3, 0.4) is 0 Å². The molecule has 0 heterocycles. The Labute approximate surface area is 52.3 Å². The molecule has 0 amide bonds. The summed E-state index contributed by atoms with van der Waals surface area (Å²) in [6.45, 7) is 1.18. The highest BCUT2D eigenvalue weighted by molar-refractivity contribution is 3.98. The van der Waals surface area contributed by atoms with Gasteiger partial charge in [-0.1, -0.05) is 0 Å². The molecular formula is C6H18N2+2. The third kappa shape index (κ3) is 5.92. The summed E-state index contributed by atoms with van der Waals surface area (Å²) in [4.78, 5) is 1.50. The number of rotatable bonds is 2. The molecule has 8 heavy (non-hydrogen) atoms. The molecule has 0 aromatic rings. The van der Waals surface area contributed by atoms with Crippen molar-refractivity contribution in [3.8, 4) is 0 Å². The number of nitrogens with zero attached hydrogens (tertiary/aromatic N) is 1.